The van der Waals surface area contributed by atoms with E-state index < -0.39 is 0 Å². The van der Waals surface area contributed by atoms with Gasteiger partial charge in [-0.25, -0.2) is 4.68 Å². The highest BCUT2D eigenvalue weighted by Gasteiger charge is 2.42. The van der Waals surface area contributed by atoms with E-state index in [2.05, 4.69) is 51.2 Å². The summed E-state index contributed by atoms with van der Waals surface area (Å²) < 4.78 is 12.9. The SMILES string of the molecule is COc1ccc([C@@H]2C3=C(CC(C)(C)CC3=O)Nc3nc(SCc4cc(C)ccc4C)nn32)cc1OC. The molecule has 0 saturated carbocycles. The molecule has 188 valence electrons. The van der Waals surface area contributed by atoms with Crippen LogP contribution < -0.4 is 14.8 Å². The Balaban J connectivity index is 1.56. The molecule has 0 saturated heterocycles. The molecule has 1 aliphatic carbocycles. The monoisotopic (exact) mass is 504 g/mol. The molecule has 8 heteroatoms. The molecule has 1 aromatic heterocycles. The van der Waals surface area contributed by atoms with Gasteiger partial charge in [0.15, 0.2) is 17.3 Å². The summed E-state index contributed by atoms with van der Waals surface area (Å²) >= 11 is 1.60. The molecule has 7 nitrogen and oxygen atoms in total. The van der Waals surface area contributed by atoms with Crippen molar-refractivity contribution in [2.75, 3.05) is 19.5 Å². The lowest BCUT2D eigenvalue weighted by molar-refractivity contribution is -0.118. The topological polar surface area (TPSA) is 78.3 Å². The third-order valence-corrected chi connectivity index (χ3v) is 7.78. The maximum absolute atomic E-state index is 13.5. The molecule has 0 unspecified atom stereocenters. The molecular formula is C28H32N4O3S. The summed E-state index contributed by atoms with van der Waals surface area (Å²) in [6.45, 7) is 8.49. The van der Waals surface area contributed by atoms with Crippen LogP contribution in [0.15, 0.2) is 52.8 Å². The van der Waals surface area contributed by atoms with E-state index in [-0.39, 0.29) is 17.2 Å². The van der Waals surface area contributed by atoms with E-state index >= 15 is 0 Å². The minimum absolute atomic E-state index is 0.118. The third-order valence-electron chi connectivity index (χ3n) is 6.90. The second-order valence-corrected chi connectivity index (χ2v) is 11.3. The molecule has 0 bridgehead atoms. The number of nitrogens with one attached hydrogen (secondary N) is 1. The predicted molar refractivity (Wildman–Crippen MR) is 142 cm³/mol. The Morgan fingerprint density at radius 1 is 1.08 bits per heavy atom. The van der Waals surface area contributed by atoms with Gasteiger partial charge in [0.1, 0.15) is 6.04 Å². The highest BCUT2D eigenvalue weighted by atomic mass is 32.2. The van der Waals surface area contributed by atoms with Crippen molar-refractivity contribution < 1.29 is 14.3 Å². The summed E-state index contributed by atoms with van der Waals surface area (Å²) in [5.74, 6) is 2.83. The number of Topliss-reactive ketones (excluding diaryl/α,β-unsaturated/α-hetero) is 1. The van der Waals surface area contributed by atoms with Crippen molar-refractivity contribution in [1.82, 2.24) is 14.8 Å². The van der Waals surface area contributed by atoms with Gasteiger partial charge in [-0.05, 0) is 54.5 Å². The van der Waals surface area contributed by atoms with Gasteiger partial charge >= 0.3 is 0 Å². The van der Waals surface area contributed by atoms with Crippen LogP contribution in [0.2, 0.25) is 0 Å². The highest BCUT2D eigenvalue weighted by molar-refractivity contribution is 7.98. The van der Waals surface area contributed by atoms with Crippen LogP contribution in [-0.4, -0.2) is 34.8 Å². The number of aromatic nitrogens is 3. The molecule has 0 spiro atoms. The van der Waals surface area contributed by atoms with Crippen molar-refractivity contribution in [3.8, 4) is 11.5 Å². The molecule has 2 aromatic carbocycles. The molecule has 2 heterocycles. The van der Waals surface area contributed by atoms with Gasteiger partial charge in [-0.2, -0.15) is 4.98 Å². The number of fused-ring (bicyclic) bond motifs is 1. The third kappa shape index (κ3) is 4.50. The molecule has 0 amide bonds. The number of hydrogen-bond acceptors (Lipinski definition) is 7. The summed E-state index contributed by atoms with van der Waals surface area (Å²) in [7, 11) is 3.23. The van der Waals surface area contributed by atoms with Gasteiger partial charge in [-0.15, -0.1) is 5.10 Å². The van der Waals surface area contributed by atoms with Gasteiger partial charge in [0, 0.05) is 23.4 Å². The zero-order valence-corrected chi connectivity index (χ0v) is 22.5. The van der Waals surface area contributed by atoms with Crippen LogP contribution in [0.25, 0.3) is 0 Å². The van der Waals surface area contributed by atoms with E-state index in [4.69, 9.17) is 19.6 Å². The number of carbonyl (C=O) groups excluding carboxylic acids is 1. The Kier molecular flexibility index (Phi) is 6.32. The number of nitrogens with zero attached hydrogens (tertiary/aromatic N) is 3. The molecule has 0 radical (unpaired) electrons. The van der Waals surface area contributed by atoms with Gasteiger partial charge in [-0.3, -0.25) is 4.79 Å². The summed E-state index contributed by atoms with van der Waals surface area (Å²) in [6, 6.07) is 11.9. The molecule has 1 atom stereocenters. The number of methoxy groups -OCH3 is 2. The average Bonchev–Trinajstić information content (AvgIpc) is 3.24. The van der Waals surface area contributed by atoms with Gasteiger partial charge in [0.05, 0.1) is 14.2 Å². The summed E-state index contributed by atoms with van der Waals surface area (Å²) in [6.07, 6.45) is 1.27. The Morgan fingerprint density at radius 2 is 1.86 bits per heavy atom. The fourth-order valence-electron chi connectivity index (χ4n) is 5.08. The van der Waals surface area contributed by atoms with E-state index in [1.807, 2.05) is 22.9 Å². The summed E-state index contributed by atoms with van der Waals surface area (Å²) in [4.78, 5) is 18.3. The number of carbonyl (C=O) groups is 1. The minimum Gasteiger partial charge on any atom is -0.493 e. The first-order chi connectivity index (χ1) is 17.2. The lowest BCUT2D eigenvalue weighted by atomic mass is 9.73. The molecular weight excluding hydrogens is 472 g/mol. The first-order valence-electron chi connectivity index (χ1n) is 12.1. The van der Waals surface area contributed by atoms with E-state index in [1.165, 1.54) is 16.7 Å². The van der Waals surface area contributed by atoms with Crippen LogP contribution in [0.4, 0.5) is 5.95 Å². The highest BCUT2D eigenvalue weighted by Crippen LogP contribution is 2.46. The van der Waals surface area contributed by atoms with Crippen molar-refractivity contribution in [2.45, 2.75) is 57.5 Å². The van der Waals surface area contributed by atoms with Crippen molar-refractivity contribution in [2.24, 2.45) is 5.41 Å². The number of benzene rings is 2. The maximum Gasteiger partial charge on any atom is 0.227 e. The number of aryl methyl sites for hydroxylation is 2. The van der Waals surface area contributed by atoms with Gasteiger partial charge in [0.2, 0.25) is 11.1 Å². The predicted octanol–water partition coefficient (Wildman–Crippen LogP) is 5.86. The van der Waals surface area contributed by atoms with Crippen LogP contribution in [0, 0.1) is 19.3 Å². The zero-order valence-electron chi connectivity index (χ0n) is 21.6. The van der Waals surface area contributed by atoms with Gasteiger partial charge in [-0.1, -0.05) is 55.4 Å². The molecule has 5 rings (SSSR count). The largest absolute Gasteiger partial charge is 0.493 e. The molecule has 0 fully saturated rings. The Morgan fingerprint density at radius 3 is 2.61 bits per heavy atom. The molecule has 3 aromatic rings. The zero-order chi connectivity index (χ0) is 25.6. The Bertz CT molecular complexity index is 1380. The number of allylic oxidation sites excluding steroid dienone is 2. The quantitative estimate of drug-likeness (QED) is 0.421. The van der Waals surface area contributed by atoms with Crippen LogP contribution >= 0.6 is 11.8 Å². The van der Waals surface area contributed by atoms with Crippen LogP contribution in [0.5, 0.6) is 11.5 Å². The minimum atomic E-state index is -0.387. The average molecular weight is 505 g/mol. The Hall–Kier alpha value is -3.26. The molecule has 36 heavy (non-hydrogen) atoms. The lowest BCUT2D eigenvalue weighted by Crippen LogP contribution is -2.36. The fourth-order valence-corrected chi connectivity index (χ4v) is 5.97. The number of ether oxygens (including phenoxy) is 2. The maximum atomic E-state index is 13.5. The summed E-state index contributed by atoms with van der Waals surface area (Å²) in [5.41, 5.74) is 6.24. The van der Waals surface area contributed by atoms with E-state index in [9.17, 15) is 4.79 Å². The second kappa shape index (κ2) is 9.32. The van der Waals surface area contributed by atoms with Crippen molar-refractivity contribution in [3.05, 3.63) is 69.9 Å². The molecule has 2 aliphatic rings. The van der Waals surface area contributed by atoms with Crippen molar-refractivity contribution in [1.29, 1.82) is 0 Å². The van der Waals surface area contributed by atoms with Gasteiger partial charge < -0.3 is 14.8 Å². The van der Waals surface area contributed by atoms with Gasteiger partial charge in [0.25, 0.3) is 0 Å². The Labute approximate surface area is 216 Å². The molecule has 1 aliphatic heterocycles. The van der Waals surface area contributed by atoms with Crippen molar-refractivity contribution >= 4 is 23.5 Å². The standard InChI is InChI=1S/C28H32N4O3S/c1-16-7-8-17(2)19(11-16)15-36-27-30-26-29-20-13-28(3,4)14-21(33)24(20)25(32(26)31-27)18-9-10-22(34-5)23(12-18)35-6/h7-12,25H,13-15H2,1-6H3,(H,29,30,31)/t25-/m1/s1. The smallest absolute Gasteiger partial charge is 0.227 e. The first kappa shape index (κ1) is 24.4. The number of ketones is 1. The number of anilines is 1. The van der Waals surface area contributed by atoms with Crippen LogP contribution in [0.1, 0.15) is 55.0 Å². The first-order valence-corrected chi connectivity index (χ1v) is 13.1. The van der Waals surface area contributed by atoms with E-state index in [0.717, 1.165) is 29.0 Å². The number of rotatable bonds is 6. The molecule has 1 N–H and O–H groups in total. The number of thioether (sulfide) groups is 1. The fraction of sp³-hybridized carbons (Fsp3) is 0.393. The van der Waals surface area contributed by atoms with E-state index in [1.54, 1.807) is 26.0 Å². The number of hydrogen-bond donors (Lipinski definition) is 1. The second-order valence-electron chi connectivity index (χ2n) is 10.4. The van der Waals surface area contributed by atoms with Crippen LogP contribution in [0.3, 0.4) is 0 Å². The summed E-state index contributed by atoms with van der Waals surface area (Å²) in [5, 5.41) is 9.01. The normalized spacial score (nSPS) is 18.4. The van der Waals surface area contributed by atoms with Crippen LogP contribution in [-0.2, 0) is 10.5 Å². The van der Waals surface area contributed by atoms with E-state index in [0.29, 0.717) is 29.0 Å². The lowest BCUT2D eigenvalue weighted by Gasteiger charge is -2.38. The van der Waals surface area contributed by atoms with Crippen molar-refractivity contribution in [3.63, 3.8) is 0 Å².